The maximum atomic E-state index is 13.1. The summed E-state index contributed by atoms with van der Waals surface area (Å²) in [5.74, 6) is 1.49. The van der Waals surface area contributed by atoms with Crippen molar-refractivity contribution >= 4 is 10.0 Å². The highest BCUT2D eigenvalue weighted by Crippen LogP contribution is 2.46. The zero-order valence-electron chi connectivity index (χ0n) is 15.4. The van der Waals surface area contributed by atoms with E-state index in [4.69, 9.17) is 4.52 Å². The molecule has 1 saturated heterocycles. The lowest BCUT2D eigenvalue weighted by Crippen LogP contribution is -2.46. The van der Waals surface area contributed by atoms with Crippen molar-refractivity contribution in [1.82, 2.24) is 14.4 Å². The molecule has 0 bridgehead atoms. The molecule has 0 N–H and O–H groups in total. The zero-order chi connectivity index (χ0) is 19.1. The molecule has 0 amide bonds. The van der Waals surface area contributed by atoms with E-state index >= 15 is 0 Å². The molecular formula is C19H24FN3O3S. The largest absolute Gasteiger partial charge is 0.340 e. The van der Waals surface area contributed by atoms with Gasteiger partial charge >= 0.3 is 0 Å². The van der Waals surface area contributed by atoms with Crippen LogP contribution in [-0.2, 0) is 21.2 Å². The van der Waals surface area contributed by atoms with Gasteiger partial charge in [0.25, 0.3) is 0 Å². The Morgan fingerprint density at radius 3 is 2.44 bits per heavy atom. The predicted octanol–water partition coefficient (Wildman–Crippen LogP) is 3.18. The summed E-state index contributed by atoms with van der Waals surface area (Å²) in [6.07, 6.45) is 4.85. The first-order valence-corrected chi connectivity index (χ1v) is 11.0. The minimum atomic E-state index is -3.44. The van der Waals surface area contributed by atoms with Gasteiger partial charge in [-0.05, 0) is 42.9 Å². The van der Waals surface area contributed by atoms with E-state index in [1.807, 2.05) is 0 Å². The summed E-state index contributed by atoms with van der Waals surface area (Å²) >= 11 is 0. The van der Waals surface area contributed by atoms with E-state index in [-0.39, 0.29) is 17.0 Å². The number of aromatic nitrogens is 2. The third-order valence-electron chi connectivity index (χ3n) is 5.71. The fourth-order valence-electron chi connectivity index (χ4n) is 3.98. The minimum absolute atomic E-state index is 0.107. The normalized spacial score (nSPS) is 20.7. The highest BCUT2D eigenvalue weighted by atomic mass is 32.2. The zero-order valence-corrected chi connectivity index (χ0v) is 16.2. The molecule has 1 saturated carbocycles. The average Bonchev–Trinajstić information content (AvgIpc) is 3.33. The van der Waals surface area contributed by atoms with E-state index in [0.29, 0.717) is 43.3 Å². The number of halogens is 1. The second kappa shape index (κ2) is 6.98. The van der Waals surface area contributed by atoms with Crippen LogP contribution >= 0.6 is 0 Å². The molecule has 0 unspecified atom stereocenters. The number of benzene rings is 1. The van der Waals surface area contributed by atoms with Gasteiger partial charge in [0, 0.05) is 25.4 Å². The fraction of sp³-hybridized carbons (Fsp3) is 0.579. The summed E-state index contributed by atoms with van der Waals surface area (Å²) in [6, 6.07) is 5.63. The van der Waals surface area contributed by atoms with Crippen LogP contribution in [-0.4, -0.2) is 36.0 Å². The van der Waals surface area contributed by atoms with Gasteiger partial charge in [-0.2, -0.15) is 4.98 Å². The molecule has 4 rings (SSSR count). The number of rotatable bonds is 6. The van der Waals surface area contributed by atoms with Crippen LogP contribution in [0.15, 0.2) is 28.8 Å². The Labute approximate surface area is 158 Å². The molecule has 1 aliphatic heterocycles. The topological polar surface area (TPSA) is 76.3 Å². The molecule has 0 atom stereocenters. The van der Waals surface area contributed by atoms with Crippen molar-refractivity contribution in [3.8, 4) is 0 Å². The number of hydrogen-bond acceptors (Lipinski definition) is 5. The van der Waals surface area contributed by atoms with Crippen LogP contribution in [0.1, 0.15) is 49.4 Å². The second-order valence-corrected chi connectivity index (χ2v) is 9.82. The van der Waals surface area contributed by atoms with E-state index in [2.05, 4.69) is 10.1 Å². The van der Waals surface area contributed by atoms with Crippen molar-refractivity contribution < 1.29 is 17.3 Å². The summed E-state index contributed by atoms with van der Waals surface area (Å²) in [5, 5.41) is 4.17. The maximum absolute atomic E-state index is 13.1. The van der Waals surface area contributed by atoms with Crippen LogP contribution in [0.2, 0.25) is 0 Å². The fourth-order valence-corrected chi connectivity index (χ4v) is 5.52. The van der Waals surface area contributed by atoms with Crippen molar-refractivity contribution in [3.63, 3.8) is 0 Å². The molecule has 0 spiro atoms. The van der Waals surface area contributed by atoms with Crippen molar-refractivity contribution in [2.45, 2.75) is 50.2 Å². The van der Waals surface area contributed by atoms with E-state index in [1.165, 1.54) is 37.1 Å². The number of piperidine rings is 1. The van der Waals surface area contributed by atoms with Crippen molar-refractivity contribution in [1.29, 1.82) is 0 Å². The number of aryl methyl sites for hydroxylation is 1. The molecule has 2 fully saturated rings. The molecule has 8 heteroatoms. The van der Waals surface area contributed by atoms with E-state index in [1.54, 1.807) is 11.2 Å². The summed E-state index contributed by atoms with van der Waals surface area (Å²) in [5.41, 5.74) is 0.404. The average molecular weight is 393 g/mol. The minimum Gasteiger partial charge on any atom is -0.340 e. The van der Waals surface area contributed by atoms with Gasteiger partial charge in [-0.25, -0.2) is 17.1 Å². The highest BCUT2D eigenvalue weighted by Gasteiger charge is 2.45. The molecule has 1 aliphatic carbocycles. The second-order valence-electron chi connectivity index (χ2n) is 7.85. The van der Waals surface area contributed by atoms with Crippen molar-refractivity contribution in [2.24, 2.45) is 5.92 Å². The molecule has 0 radical (unpaired) electrons. The van der Waals surface area contributed by atoms with Crippen LogP contribution in [0.3, 0.4) is 0 Å². The third kappa shape index (κ3) is 4.06. The number of sulfonamides is 1. The Kier molecular flexibility index (Phi) is 4.80. The van der Waals surface area contributed by atoms with Gasteiger partial charge in [0.15, 0.2) is 5.82 Å². The smallest absolute Gasteiger partial charge is 0.223 e. The summed E-state index contributed by atoms with van der Waals surface area (Å²) in [6.45, 7) is 2.68. The van der Waals surface area contributed by atoms with Crippen LogP contribution in [0, 0.1) is 18.7 Å². The lowest BCUT2D eigenvalue weighted by atomic mass is 9.74. The van der Waals surface area contributed by atoms with Gasteiger partial charge in [-0.1, -0.05) is 30.1 Å². The van der Waals surface area contributed by atoms with Crippen LogP contribution in [0.4, 0.5) is 4.39 Å². The molecule has 27 heavy (non-hydrogen) atoms. The van der Waals surface area contributed by atoms with Gasteiger partial charge in [0.1, 0.15) is 5.82 Å². The predicted molar refractivity (Wildman–Crippen MR) is 97.9 cm³/mol. The summed E-state index contributed by atoms with van der Waals surface area (Å²) in [7, 11) is -3.44. The Bertz CT molecular complexity index is 899. The van der Waals surface area contributed by atoms with Crippen LogP contribution in [0.5, 0.6) is 0 Å². The Balaban J connectivity index is 1.48. The van der Waals surface area contributed by atoms with Gasteiger partial charge in [-0.15, -0.1) is 0 Å². The standard InChI is InChI=1S/C19H24FN3O3S/c1-14-21-18(22-26-14)19(12-15-2-3-15)8-10-23(11-9-19)27(24,25)13-16-4-6-17(20)7-5-16/h4-7,15H,2-3,8-13H2,1H3. The molecule has 6 nitrogen and oxygen atoms in total. The Morgan fingerprint density at radius 2 is 1.89 bits per heavy atom. The number of hydrogen-bond donors (Lipinski definition) is 0. The van der Waals surface area contributed by atoms with Gasteiger partial charge < -0.3 is 4.52 Å². The van der Waals surface area contributed by atoms with Crippen LogP contribution in [0.25, 0.3) is 0 Å². The first-order chi connectivity index (χ1) is 12.9. The molecule has 2 heterocycles. The SMILES string of the molecule is Cc1nc(C2(CC3CC3)CCN(S(=O)(=O)Cc3ccc(F)cc3)CC2)no1. The van der Waals surface area contributed by atoms with E-state index in [9.17, 15) is 12.8 Å². The first-order valence-electron chi connectivity index (χ1n) is 9.39. The number of nitrogens with zero attached hydrogens (tertiary/aromatic N) is 3. The van der Waals surface area contributed by atoms with Crippen molar-refractivity contribution in [3.05, 3.63) is 47.4 Å². The Hall–Kier alpha value is -1.80. The van der Waals surface area contributed by atoms with Crippen molar-refractivity contribution in [2.75, 3.05) is 13.1 Å². The van der Waals surface area contributed by atoms with E-state index in [0.717, 1.165) is 12.2 Å². The third-order valence-corrected chi connectivity index (χ3v) is 7.56. The summed E-state index contributed by atoms with van der Waals surface area (Å²) < 4.78 is 45.4. The molecular weight excluding hydrogens is 369 g/mol. The lowest BCUT2D eigenvalue weighted by Gasteiger charge is -2.39. The molecule has 2 aromatic rings. The molecule has 146 valence electrons. The first kappa shape index (κ1) is 18.6. The highest BCUT2D eigenvalue weighted by molar-refractivity contribution is 7.88. The monoisotopic (exact) mass is 393 g/mol. The molecule has 2 aliphatic rings. The quantitative estimate of drug-likeness (QED) is 0.753. The molecule has 1 aromatic carbocycles. The van der Waals surface area contributed by atoms with E-state index < -0.39 is 10.0 Å². The Morgan fingerprint density at radius 1 is 1.22 bits per heavy atom. The van der Waals surface area contributed by atoms with Gasteiger partial charge in [0.05, 0.1) is 5.75 Å². The molecule has 1 aromatic heterocycles. The summed E-state index contributed by atoms with van der Waals surface area (Å²) in [4.78, 5) is 4.47. The van der Waals surface area contributed by atoms with Gasteiger partial charge in [0.2, 0.25) is 15.9 Å². The lowest BCUT2D eigenvalue weighted by molar-refractivity contribution is 0.198. The van der Waals surface area contributed by atoms with Gasteiger partial charge in [-0.3, -0.25) is 0 Å². The maximum Gasteiger partial charge on any atom is 0.223 e. The van der Waals surface area contributed by atoms with Crippen LogP contribution < -0.4 is 0 Å².